The van der Waals surface area contributed by atoms with Gasteiger partial charge < -0.3 is 25.0 Å². The van der Waals surface area contributed by atoms with E-state index in [-0.39, 0.29) is 11.4 Å². The lowest BCUT2D eigenvalue weighted by Crippen LogP contribution is -2.43. The second-order valence-electron chi connectivity index (χ2n) is 11.2. The fourth-order valence-electron chi connectivity index (χ4n) is 5.06. The number of β-amino-alcohol motifs (C(OH)–C–C–N with tert-alkyl or cyclic N) is 1. The molecule has 1 atom stereocenters. The predicted octanol–water partition coefficient (Wildman–Crippen LogP) is 5.39. The summed E-state index contributed by atoms with van der Waals surface area (Å²) in [5, 5.41) is 17.4. The zero-order chi connectivity index (χ0) is 29.4. The number of nitrogens with one attached hydrogen (secondary N) is 2. The number of aryl methyl sites for hydroxylation is 2. The Morgan fingerprint density at radius 2 is 1.73 bits per heavy atom. The highest BCUT2D eigenvalue weighted by atomic mass is 16.5. The predicted molar refractivity (Wildman–Crippen MR) is 163 cm³/mol. The van der Waals surface area contributed by atoms with Crippen LogP contribution in [0.1, 0.15) is 60.5 Å². The van der Waals surface area contributed by atoms with Crippen LogP contribution in [0.15, 0.2) is 79.0 Å². The minimum Gasteiger partial charge on any atom is -0.494 e. The second kappa shape index (κ2) is 13.6. The molecule has 41 heavy (non-hydrogen) atoms. The molecule has 7 heteroatoms. The summed E-state index contributed by atoms with van der Waals surface area (Å²) in [6.07, 6.45) is 2.13. The molecule has 4 aromatic rings. The standard InChI is InChI=1S/C34H42N4O3/c1-6-41-31-13-8-7-12-29(31)22-36-33(40)19-26-10-9-11-27(18-26)20-34(4,5)37-23-30(39)28-16-17-32(35-21-28)38-24(2)14-15-25(38)3/h7-18,21,30,37,39H,6,19-20,22-23H2,1-5H3,(H,36,40)/t30-/m1/s1. The van der Waals surface area contributed by atoms with Crippen molar-refractivity contribution in [2.45, 2.75) is 65.6 Å². The van der Waals surface area contributed by atoms with E-state index >= 15 is 0 Å². The van der Waals surface area contributed by atoms with E-state index in [2.05, 4.69) is 72.1 Å². The lowest BCUT2D eigenvalue weighted by atomic mass is 9.93. The zero-order valence-corrected chi connectivity index (χ0v) is 24.8. The molecule has 0 radical (unpaired) electrons. The molecular formula is C34H42N4O3. The van der Waals surface area contributed by atoms with E-state index in [1.165, 1.54) is 0 Å². The number of pyridine rings is 1. The van der Waals surface area contributed by atoms with E-state index in [4.69, 9.17) is 4.74 Å². The molecule has 0 aliphatic carbocycles. The molecule has 4 rings (SSSR count). The third-order valence-corrected chi connectivity index (χ3v) is 7.18. The summed E-state index contributed by atoms with van der Waals surface area (Å²) < 4.78 is 7.75. The van der Waals surface area contributed by atoms with Crippen molar-refractivity contribution in [1.82, 2.24) is 20.2 Å². The Labute approximate surface area is 243 Å². The number of ether oxygens (including phenoxy) is 1. The Hall–Kier alpha value is -3.94. The summed E-state index contributed by atoms with van der Waals surface area (Å²) in [4.78, 5) is 17.3. The summed E-state index contributed by atoms with van der Waals surface area (Å²) in [5.41, 5.74) is 5.82. The van der Waals surface area contributed by atoms with Crippen molar-refractivity contribution in [1.29, 1.82) is 0 Å². The summed E-state index contributed by atoms with van der Waals surface area (Å²) in [7, 11) is 0. The van der Waals surface area contributed by atoms with Crippen LogP contribution in [0, 0.1) is 13.8 Å². The first-order valence-electron chi connectivity index (χ1n) is 14.2. The molecule has 7 nitrogen and oxygen atoms in total. The van der Waals surface area contributed by atoms with Crippen LogP contribution in [-0.2, 0) is 24.2 Å². The molecule has 0 aliphatic heterocycles. The number of para-hydroxylation sites is 1. The van der Waals surface area contributed by atoms with E-state index in [1.807, 2.05) is 55.5 Å². The van der Waals surface area contributed by atoms with Gasteiger partial charge in [-0.05, 0) is 76.4 Å². The number of rotatable bonds is 13. The van der Waals surface area contributed by atoms with Gasteiger partial charge in [0.05, 0.1) is 19.1 Å². The molecule has 2 heterocycles. The van der Waals surface area contributed by atoms with E-state index in [0.717, 1.165) is 51.6 Å². The van der Waals surface area contributed by atoms with Crippen LogP contribution >= 0.6 is 0 Å². The number of hydrogen-bond acceptors (Lipinski definition) is 5. The zero-order valence-electron chi connectivity index (χ0n) is 24.8. The van der Waals surface area contributed by atoms with Gasteiger partial charge in [-0.1, -0.05) is 48.5 Å². The molecule has 0 fully saturated rings. The van der Waals surface area contributed by atoms with Crippen LogP contribution in [-0.4, -0.2) is 39.3 Å². The number of aliphatic hydroxyl groups excluding tert-OH is 1. The molecule has 0 saturated carbocycles. The van der Waals surface area contributed by atoms with Gasteiger partial charge in [0.1, 0.15) is 11.6 Å². The molecule has 2 aromatic heterocycles. The maximum atomic E-state index is 12.7. The number of amides is 1. The average molecular weight is 555 g/mol. The van der Waals surface area contributed by atoms with Gasteiger partial charge in [0.15, 0.2) is 0 Å². The number of carbonyl (C=O) groups is 1. The highest BCUT2D eigenvalue weighted by Crippen LogP contribution is 2.20. The van der Waals surface area contributed by atoms with Crippen LogP contribution in [0.5, 0.6) is 5.75 Å². The number of aliphatic hydroxyl groups is 1. The number of hydrogen-bond donors (Lipinski definition) is 3. The van der Waals surface area contributed by atoms with Crippen molar-refractivity contribution in [2.24, 2.45) is 0 Å². The molecule has 2 aromatic carbocycles. The van der Waals surface area contributed by atoms with Crippen LogP contribution in [0.2, 0.25) is 0 Å². The minimum absolute atomic E-state index is 0.0318. The highest BCUT2D eigenvalue weighted by molar-refractivity contribution is 5.78. The first kappa shape index (κ1) is 30.0. The van der Waals surface area contributed by atoms with Crippen LogP contribution in [0.25, 0.3) is 5.82 Å². The minimum atomic E-state index is -0.675. The van der Waals surface area contributed by atoms with Gasteiger partial charge in [-0.3, -0.25) is 4.79 Å². The molecule has 0 unspecified atom stereocenters. The highest BCUT2D eigenvalue weighted by Gasteiger charge is 2.20. The summed E-state index contributed by atoms with van der Waals surface area (Å²) in [6, 6.07) is 23.9. The normalized spacial score (nSPS) is 12.2. The summed E-state index contributed by atoms with van der Waals surface area (Å²) in [5.74, 6) is 1.61. The lowest BCUT2D eigenvalue weighted by molar-refractivity contribution is -0.120. The largest absolute Gasteiger partial charge is 0.494 e. The first-order chi connectivity index (χ1) is 19.6. The Kier molecular flexibility index (Phi) is 9.97. The third kappa shape index (κ3) is 8.28. The number of benzene rings is 2. The van der Waals surface area contributed by atoms with Crippen molar-refractivity contribution in [3.63, 3.8) is 0 Å². The topological polar surface area (TPSA) is 88.4 Å². The Morgan fingerprint density at radius 3 is 2.44 bits per heavy atom. The van der Waals surface area contributed by atoms with Crippen molar-refractivity contribution < 1.29 is 14.6 Å². The molecule has 0 saturated heterocycles. The van der Waals surface area contributed by atoms with Gasteiger partial charge in [-0.25, -0.2) is 4.98 Å². The number of nitrogens with zero attached hydrogens (tertiary/aromatic N) is 2. The first-order valence-corrected chi connectivity index (χ1v) is 14.2. The van der Waals surface area contributed by atoms with E-state index in [9.17, 15) is 9.90 Å². The number of aromatic nitrogens is 2. The van der Waals surface area contributed by atoms with Crippen LogP contribution < -0.4 is 15.4 Å². The van der Waals surface area contributed by atoms with E-state index < -0.39 is 6.10 Å². The van der Waals surface area contributed by atoms with Gasteiger partial charge in [0.2, 0.25) is 5.91 Å². The fraction of sp³-hybridized carbons (Fsp3) is 0.353. The van der Waals surface area contributed by atoms with Crippen molar-refractivity contribution in [2.75, 3.05) is 13.2 Å². The van der Waals surface area contributed by atoms with Crippen LogP contribution in [0.3, 0.4) is 0 Å². The van der Waals surface area contributed by atoms with Gasteiger partial charge in [-0.2, -0.15) is 0 Å². The molecular weight excluding hydrogens is 512 g/mol. The third-order valence-electron chi connectivity index (χ3n) is 7.18. The molecule has 1 amide bonds. The quantitative estimate of drug-likeness (QED) is 0.206. The van der Waals surface area contributed by atoms with Gasteiger partial charge in [0.25, 0.3) is 0 Å². The molecule has 216 valence electrons. The maximum absolute atomic E-state index is 12.7. The Morgan fingerprint density at radius 1 is 1.00 bits per heavy atom. The summed E-state index contributed by atoms with van der Waals surface area (Å²) >= 11 is 0. The van der Waals surface area contributed by atoms with Crippen molar-refractivity contribution in [3.05, 3.63) is 113 Å². The number of carbonyl (C=O) groups excluding carboxylic acids is 1. The maximum Gasteiger partial charge on any atom is 0.224 e. The lowest BCUT2D eigenvalue weighted by Gasteiger charge is -2.28. The monoisotopic (exact) mass is 554 g/mol. The second-order valence-corrected chi connectivity index (χ2v) is 11.2. The van der Waals surface area contributed by atoms with Gasteiger partial charge in [0, 0.05) is 47.3 Å². The average Bonchev–Trinajstić information content (AvgIpc) is 3.29. The molecule has 0 bridgehead atoms. The fourth-order valence-corrected chi connectivity index (χ4v) is 5.06. The van der Waals surface area contributed by atoms with Crippen molar-refractivity contribution >= 4 is 5.91 Å². The molecule has 0 aliphatic rings. The van der Waals surface area contributed by atoms with Crippen LogP contribution in [0.4, 0.5) is 0 Å². The Balaban J connectivity index is 1.29. The molecule has 3 N–H and O–H groups in total. The summed E-state index contributed by atoms with van der Waals surface area (Å²) in [6.45, 7) is 11.7. The van der Waals surface area contributed by atoms with E-state index in [1.54, 1.807) is 6.20 Å². The SMILES string of the molecule is CCOc1ccccc1CNC(=O)Cc1cccc(CC(C)(C)NC[C@@H](O)c2ccc(-n3c(C)ccc3C)nc2)c1. The van der Waals surface area contributed by atoms with Crippen molar-refractivity contribution in [3.8, 4) is 11.6 Å². The van der Waals surface area contributed by atoms with Gasteiger partial charge >= 0.3 is 0 Å². The molecule has 0 spiro atoms. The Bertz CT molecular complexity index is 1420. The van der Waals surface area contributed by atoms with Gasteiger partial charge in [-0.15, -0.1) is 0 Å². The smallest absolute Gasteiger partial charge is 0.224 e. The van der Waals surface area contributed by atoms with E-state index in [0.29, 0.717) is 26.1 Å².